The fourth-order valence-electron chi connectivity index (χ4n) is 2.07. The summed E-state index contributed by atoms with van der Waals surface area (Å²) in [5, 5.41) is 16.2. The lowest BCUT2D eigenvalue weighted by Crippen LogP contribution is -2.03. The summed E-state index contributed by atoms with van der Waals surface area (Å²) in [6.45, 7) is 4.29. The Bertz CT molecular complexity index is 825. The first-order valence-corrected chi connectivity index (χ1v) is 7.88. The molecule has 6 nitrogen and oxygen atoms in total. The van der Waals surface area contributed by atoms with Crippen molar-refractivity contribution in [2.45, 2.75) is 20.4 Å². The Hall–Kier alpha value is -2.06. The summed E-state index contributed by atoms with van der Waals surface area (Å²) in [6.07, 6.45) is 1.44. The molecule has 21 heavy (non-hydrogen) atoms. The minimum absolute atomic E-state index is 0.304. The van der Waals surface area contributed by atoms with Crippen molar-refractivity contribution in [1.82, 2.24) is 15.0 Å². The van der Waals surface area contributed by atoms with Crippen molar-refractivity contribution in [3.63, 3.8) is 0 Å². The number of nitrogens with zero attached hydrogens (tertiary/aromatic N) is 3. The van der Waals surface area contributed by atoms with E-state index in [9.17, 15) is 9.90 Å². The molecule has 3 aromatic heterocycles. The first-order valence-electron chi connectivity index (χ1n) is 6.18. The molecule has 0 aliphatic carbocycles. The molecule has 0 radical (unpaired) electrons. The number of hydrogen-bond acceptors (Lipinski definition) is 7. The summed E-state index contributed by atoms with van der Waals surface area (Å²) in [6, 6.07) is 0. The molecular weight excluding hydrogens is 308 g/mol. The molecule has 0 saturated heterocycles. The van der Waals surface area contributed by atoms with Crippen LogP contribution in [-0.2, 0) is 6.54 Å². The van der Waals surface area contributed by atoms with Crippen LogP contribution < -0.4 is 5.32 Å². The number of aromatic carboxylic acids is 1. The van der Waals surface area contributed by atoms with E-state index >= 15 is 0 Å². The van der Waals surface area contributed by atoms with Crippen molar-refractivity contribution in [3.8, 4) is 0 Å². The molecule has 0 aliphatic rings. The first kappa shape index (κ1) is 13.9. The van der Waals surface area contributed by atoms with Gasteiger partial charge in [-0.05, 0) is 19.4 Å². The third-order valence-electron chi connectivity index (χ3n) is 3.02. The van der Waals surface area contributed by atoms with Gasteiger partial charge >= 0.3 is 5.97 Å². The number of aryl methyl sites for hydroxylation is 2. The van der Waals surface area contributed by atoms with Gasteiger partial charge in [0.25, 0.3) is 0 Å². The van der Waals surface area contributed by atoms with Crippen molar-refractivity contribution < 1.29 is 9.90 Å². The van der Waals surface area contributed by atoms with Gasteiger partial charge in [0.15, 0.2) is 0 Å². The molecular formula is C13H12N4O2S2. The maximum atomic E-state index is 11.2. The molecule has 0 amide bonds. The maximum absolute atomic E-state index is 11.2. The van der Waals surface area contributed by atoms with Gasteiger partial charge in [0.2, 0.25) is 0 Å². The Morgan fingerprint density at radius 2 is 2.19 bits per heavy atom. The number of fused-ring (bicyclic) bond motifs is 1. The number of carboxylic acids is 1. The van der Waals surface area contributed by atoms with Gasteiger partial charge in [0.1, 0.15) is 21.9 Å². The van der Waals surface area contributed by atoms with E-state index in [2.05, 4.69) is 20.3 Å². The number of thiazole rings is 1. The average Bonchev–Trinajstić information content (AvgIpc) is 3.01. The Balaban J connectivity index is 1.96. The Morgan fingerprint density at radius 3 is 2.86 bits per heavy atom. The molecule has 8 heteroatoms. The number of anilines is 1. The summed E-state index contributed by atoms with van der Waals surface area (Å²) in [5.41, 5.74) is 1.63. The van der Waals surface area contributed by atoms with E-state index in [1.165, 1.54) is 17.7 Å². The van der Waals surface area contributed by atoms with Gasteiger partial charge in [0, 0.05) is 5.38 Å². The quantitative estimate of drug-likeness (QED) is 0.768. The molecule has 0 unspecified atom stereocenters. The van der Waals surface area contributed by atoms with E-state index in [0.29, 0.717) is 27.6 Å². The molecule has 0 saturated carbocycles. The van der Waals surface area contributed by atoms with Crippen LogP contribution in [0.3, 0.4) is 0 Å². The predicted octanol–water partition coefficient (Wildman–Crippen LogP) is 3.07. The number of hydrogen-bond donors (Lipinski definition) is 2. The van der Waals surface area contributed by atoms with Gasteiger partial charge in [0.05, 0.1) is 22.6 Å². The summed E-state index contributed by atoms with van der Waals surface area (Å²) in [5.74, 6) is -0.288. The van der Waals surface area contributed by atoms with Crippen LogP contribution in [-0.4, -0.2) is 26.0 Å². The number of thiophene rings is 1. The number of rotatable bonds is 4. The van der Waals surface area contributed by atoms with Gasteiger partial charge in [-0.2, -0.15) is 0 Å². The van der Waals surface area contributed by atoms with Crippen LogP contribution in [0.25, 0.3) is 10.2 Å². The third-order valence-corrected chi connectivity index (χ3v) is 5.03. The van der Waals surface area contributed by atoms with Crippen molar-refractivity contribution in [1.29, 1.82) is 0 Å². The van der Waals surface area contributed by atoms with Crippen LogP contribution in [0.5, 0.6) is 0 Å². The lowest BCUT2D eigenvalue weighted by atomic mass is 10.2. The minimum atomic E-state index is -0.934. The Morgan fingerprint density at radius 1 is 1.38 bits per heavy atom. The fourth-order valence-corrected chi connectivity index (χ4v) is 3.67. The van der Waals surface area contributed by atoms with Crippen LogP contribution in [0.4, 0.5) is 5.82 Å². The second kappa shape index (κ2) is 5.38. The average molecular weight is 320 g/mol. The van der Waals surface area contributed by atoms with Crippen LogP contribution in [0.2, 0.25) is 0 Å². The SMILES string of the molecule is Cc1nc(CNc2ncnc3sc(C(=O)O)c(C)c23)cs1. The van der Waals surface area contributed by atoms with Gasteiger partial charge in [-0.15, -0.1) is 22.7 Å². The van der Waals surface area contributed by atoms with Gasteiger partial charge in [-0.3, -0.25) is 0 Å². The zero-order chi connectivity index (χ0) is 15.0. The second-order valence-electron chi connectivity index (χ2n) is 4.48. The first-order chi connectivity index (χ1) is 10.1. The molecule has 0 fully saturated rings. The number of aromatic nitrogens is 3. The normalized spacial score (nSPS) is 11.0. The van der Waals surface area contributed by atoms with Gasteiger partial charge < -0.3 is 10.4 Å². The molecule has 0 bridgehead atoms. The molecule has 0 spiro atoms. The lowest BCUT2D eigenvalue weighted by Gasteiger charge is -2.05. The van der Waals surface area contributed by atoms with Crippen molar-refractivity contribution in [3.05, 3.63) is 32.8 Å². The van der Waals surface area contributed by atoms with E-state index in [4.69, 9.17) is 0 Å². The summed E-state index contributed by atoms with van der Waals surface area (Å²) >= 11 is 2.76. The topological polar surface area (TPSA) is 88.0 Å². The minimum Gasteiger partial charge on any atom is -0.477 e. The molecule has 3 rings (SSSR count). The lowest BCUT2D eigenvalue weighted by molar-refractivity contribution is 0.0701. The van der Waals surface area contributed by atoms with E-state index in [1.54, 1.807) is 18.3 Å². The van der Waals surface area contributed by atoms with Crippen LogP contribution in [0, 0.1) is 13.8 Å². The third kappa shape index (κ3) is 2.59. The number of carbonyl (C=O) groups is 1. The van der Waals surface area contributed by atoms with Gasteiger partial charge in [-0.25, -0.2) is 19.7 Å². The van der Waals surface area contributed by atoms with Crippen molar-refractivity contribution in [2.24, 2.45) is 0 Å². The highest BCUT2D eigenvalue weighted by Crippen LogP contribution is 2.33. The maximum Gasteiger partial charge on any atom is 0.346 e. The largest absolute Gasteiger partial charge is 0.477 e. The number of carboxylic acid groups (broad SMARTS) is 1. The highest BCUT2D eigenvalue weighted by atomic mass is 32.1. The highest BCUT2D eigenvalue weighted by Gasteiger charge is 2.18. The van der Waals surface area contributed by atoms with Gasteiger partial charge in [-0.1, -0.05) is 0 Å². The Kier molecular flexibility index (Phi) is 3.56. The van der Waals surface area contributed by atoms with E-state index in [0.717, 1.165) is 16.1 Å². The molecule has 0 aromatic carbocycles. The molecule has 2 N–H and O–H groups in total. The van der Waals surface area contributed by atoms with Crippen molar-refractivity contribution in [2.75, 3.05) is 5.32 Å². The highest BCUT2D eigenvalue weighted by molar-refractivity contribution is 7.20. The summed E-state index contributed by atoms with van der Waals surface area (Å²) < 4.78 is 0. The molecule has 0 aliphatic heterocycles. The monoisotopic (exact) mass is 320 g/mol. The second-order valence-corrected chi connectivity index (χ2v) is 6.54. The Labute approximate surface area is 128 Å². The van der Waals surface area contributed by atoms with Crippen LogP contribution >= 0.6 is 22.7 Å². The molecule has 0 atom stereocenters. The fraction of sp³-hybridized carbons (Fsp3) is 0.231. The summed E-state index contributed by atoms with van der Waals surface area (Å²) in [7, 11) is 0. The van der Waals surface area contributed by atoms with E-state index in [-0.39, 0.29) is 0 Å². The molecule has 3 heterocycles. The van der Waals surface area contributed by atoms with E-state index < -0.39 is 5.97 Å². The smallest absolute Gasteiger partial charge is 0.346 e. The zero-order valence-electron chi connectivity index (χ0n) is 11.4. The molecule has 108 valence electrons. The molecule has 3 aromatic rings. The van der Waals surface area contributed by atoms with Crippen LogP contribution in [0.15, 0.2) is 11.7 Å². The predicted molar refractivity (Wildman–Crippen MR) is 83.3 cm³/mol. The van der Waals surface area contributed by atoms with Crippen molar-refractivity contribution >= 4 is 44.7 Å². The summed E-state index contributed by atoms with van der Waals surface area (Å²) in [4.78, 5) is 25.0. The van der Waals surface area contributed by atoms with Crippen LogP contribution in [0.1, 0.15) is 25.9 Å². The number of nitrogens with one attached hydrogen (secondary N) is 1. The standard InChI is InChI=1S/C13H12N4O2S2/c1-6-9-11(14-3-8-4-20-7(2)17-8)15-5-16-12(9)21-10(6)13(18)19/h4-5H,3H2,1-2H3,(H,18,19)(H,14,15,16). The zero-order valence-corrected chi connectivity index (χ0v) is 13.0. The van der Waals surface area contributed by atoms with E-state index in [1.807, 2.05) is 12.3 Å².